The zero-order valence-corrected chi connectivity index (χ0v) is 36.1. The first-order valence-corrected chi connectivity index (χ1v) is 21.6. The fraction of sp³-hybridized carbons (Fsp3) is 0.208. The molecule has 0 aliphatic heterocycles. The van der Waals surface area contributed by atoms with Crippen LogP contribution in [0.3, 0.4) is 0 Å². The molecule has 8 aromatic rings. The van der Waals surface area contributed by atoms with Crippen LogP contribution in [0.5, 0.6) is 0 Å². The van der Waals surface area contributed by atoms with Crippen LogP contribution in [0.15, 0.2) is 170 Å². The lowest BCUT2D eigenvalue weighted by molar-refractivity contribution is 0.118. The second kappa shape index (κ2) is 19.2. The van der Waals surface area contributed by atoms with Crippen molar-refractivity contribution in [1.82, 2.24) is 20.4 Å². The normalized spacial score (nSPS) is 11.5. The van der Waals surface area contributed by atoms with Gasteiger partial charge in [-0.3, -0.25) is 0 Å². The second-order valence-electron chi connectivity index (χ2n) is 16.6. The van der Waals surface area contributed by atoms with Crippen LogP contribution in [0.2, 0.25) is 0 Å². The van der Waals surface area contributed by atoms with Crippen LogP contribution in [0, 0.1) is 5.41 Å². The molecule has 1 heterocycles. The Morgan fingerprint density at radius 1 is 0.548 bits per heavy atom. The fourth-order valence-electron chi connectivity index (χ4n) is 7.64. The van der Waals surface area contributed by atoms with Crippen molar-refractivity contribution in [3.8, 4) is 22.3 Å². The van der Waals surface area contributed by atoms with Gasteiger partial charge in [-0.05, 0) is 95.8 Å². The summed E-state index contributed by atoms with van der Waals surface area (Å²) >= 11 is 0. The van der Waals surface area contributed by atoms with Crippen molar-refractivity contribution in [3.63, 3.8) is 0 Å². The van der Waals surface area contributed by atoms with Gasteiger partial charge in [-0.15, -0.1) is 0 Å². The largest absolute Gasteiger partial charge is 0.396 e. The van der Waals surface area contributed by atoms with E-state index in [-0.39, 0.29) is 5.41 Å². The number of unbranched alkanes of at least 4 members (excludes halogenated alkanes) is 1. The minimum atomic E-state index is 0.00889. The van der Waals surface area contributed by atoms with E-state index in [1.54, 1.807) is 4.80 Å². The summed E-state index contributed by atoms with van der Waals surface area (Å²) in [5.41, 5.74) is 27.2. The molecule has 0 radical (unpaired) electrons. The molecule has 0 unspecified atom stereocenters. The van der Waals surface area contributed by atoms with E-state index >= 15 is 0 Å². The highest BCUT2D eigenvalue weighted by Gasteiger charge is 2.26. The monoisotopic (exact) mass is 820 g/mol. The highest BCUT2D eigenvalue weighted by atomic mass is 16.5. The first kappa shape index (κ1) is 41.8. The maximum Gasteiger partial charge on any atom is 0.123 e. The number of hydrogen-bond acceptors (Lipinski definition) is 8. The molecule has 0 saturated carbocycles. The number of para-hydroxylation sites is 4. The Hall–Kier alpha value is -6.94. The average molecular weight is 821 g/mol. The summed E-state index contributed by atoms with van der Waals surface area (Å²) < 4.78 is 6.00. The SMILES string of the molecule is CCCCOCCn1nc2c(-c3ccc(N(c4ccccc4)c4ccccc4)cc3)c(N)c(NNCC(C)(C)C)c(-c3ccc(N(c4ccccc4)c4ccccc4)cc3)c2n1. The molecule has 62 heavy (non-hydrogen) atoms. The lowest BCUT2D eigenvalue weighted by Crippen LogP contribution is -2.32. The number of hydrazine groups is 1. The van der Waals surface area contributed by atoms with Gasteiger partial charge in [0, 0.05) is 58.4 Å². The van der Waals surface area contributed by atoms with Gasteiger partial charge < -0.3 is 25.7 Å². The van der Waals surface area contributed by atoms with Gasteiger partial charge in [0.1, 0.15) is 11.0 Å². The Bertz CT molecular complexity index is 2570. The van der Waals surface area contributed by atoms with Crippen molar-refractivity contribution in [2.24, 2.45) is 5.41 Å². The van der Waals surface area contributed by atoms with Gasteiger partial charge in [0.05, 0.1) is 24.5 Å². The van der Waals surface area contributed by atoms with Crippen molar-refractivity contribution in [2.75, 3.05) is 40.7 Å². The third-order valence-electron chi connectivity index (χ3n) is 10.7. The summed E-state index contributed by atoms with van der Waals surface area (Å²) in [7, 11) is 0. The summed E-state index contributed by atoms with van der Waals surface area (Å²) in [6, 6.07) is 58.9. The number of nitrogens with zero attached hydrogens (tertiary/aromatic N) is 5. The number of fused-ring (bicyclic) bond motifs is 1. The van der Waals surface area contributed by atoms with E-state index in [1.807, 2.05) is 24.3 Å². The molecule has 0 atom stereocenters. The molecule has 0 fully saturated rings. The molecule has 8 rings (SSSR count). The second-order valence-corrected chi connectivity index (χ2v) is 16.6. The highest BCUT2D eigenvalue weighted by molar-refractivity contribution is 6.13. The lowest BCUT2D eigenvalue weighted by Gasteiger charge is -2.26. The summed E-state index contributed by atoms with van der Waals surface area (Å²) in [6.07, 6.45) is 2.09. The number of aromatic nitrogens is 3. The maximum atomic E-state index is 7.42. The van der Waals surface area contributed by atoms with E-state index in [0.29, 0.717) is 32.0 Å². The molecule has 1 aromatic heterocycles. The topological polar surface area (TPSA) is 96.5 Å². The Labute approximate surface area is 365 Å². The Balaban J connectivity index is 1.27. The summed E-state index contributed by atoms with van der Waals surface area (Å²) in [4.78, 5) is 6.28. The number of anilines is 8. The van der Waals surface area contributed by atoms with E-state index in [1.165, 1.54) is 0 Å². The summed E-state index contributed by atoms with van der Waals surface area (Å²) in [5.74, 6) is 0. The number of hydrogen-bond donors (Lipinski definition) is 3. The van der Waals surface area contributed by atoms with Crippen LogP contribution in [-0.2, 0) is 11.3 Å². The van der Waals surface area contributed by atoms with Crippen molar-refractivity contribution in [3.05, 3.63) is 170 Å². The number of rotatable bonds is 17. The van der Waals surface area contributed by atoms with Crippen LogP contribution in [0.25, 0.3) is 33.3 Å². The maximum absolute atomic E-state index is 7.42. The Morgan fingerprint density at radius 3 is 1.37 bits per heavy atom. The van der Waals surface area contributed by atoms with Gasteiger partial charge >= 0.3 is 0 Å². The standard InChI is InChI=1S/C53H56N8O/c1-5-6-36-62-37-35-59-57-51-47(39-27-31-45(32-28-39)60(41-19-11-7-12-20-41)42-21-13-8-14-22-42)49(54)50(56-55-38-53(2,3)4)48(52(51)58-59)40-29-33-46(34-30-40)61(43-23-15-9-16-24-43)44-25-17-10-18-26-44/h7-34,55-56H,5-6,35-38,54H2,1-4H3. The molecular weight excluding hydrogens is 765 g/mol. The molecule has 9 nitrogen and oxygen atoms in total. The van der Waals surface area contributed by atoms with E-state index in [2.05, 4.69) is 194 Å². The van der Waals surface area contributed by atoms with E-state index in [9.17, 15) is 0 Å². The quantitative estimate of drug-likeness (QED) is 0.0475. The molecular formula is C53H56N8O. The summed E-state index contributed by atoms with van der Waals surface area (Å²) in [6.45, 7) is 11.2. The third kappa shape index (κ3) is 9.50. The molecule has 0 aliphatic carbocycles. The van der Waals surface area contributed by atoms with Crippen LogP contribution < -0.4 is 26.4 Å². The van der Waals surface area contributed by atoms with E-state index < -0.39 is 0 Å². The fourth-order valence-corrected chi connectivity index (χ4v) is 7.64. The molecule has 0 saturated heterocycles. The van der Waals surface area contributed by atoms with Gasteiger partial charge in [-0.2, -0.15) is 15.0 Å². The Kier molecular flexibility index (Phi) is 12.9. The van der Waals surface area contributed by atoms with Gasteiger partial charge in [0.25, 0.3) is 0 Å². The van der Waals surface area contributed by atoms with Gasteiger partial charge in [-0.1, -0.05) is 131 Å². The number of benzene rings is 7. The number of nitrogens with one attached hydrogen (secondary N) is 2. The molecule has 9 heteroatoms. The Morgan fingerprint density at radius 2 is 0.952 bits per heavy atom. The molecule has 0 aliphatic rings. The zero-order chi connectivity index (χ0) is 42.9. The zero-order valence-electron chi connectivity index (χ0n) is 36.1. The minimum Gasteiger partial charge on any atom is -0.396 e. The predicted octanol–water partition coefficient (Wildman–Crippen LogP) is 13.1. The van der Waals surface area contributed by atoms with Crippen molar-refractivity contribution >= 4 is 56.5 Å². The smallest absolute Gasteiger partial charge is 0.123 e. The minimum absolute atomic E-state index is 0.00889. The molecule has 0 bridgehead atoms. The van der Waals surface area contributed by atoms with Crippen molar-refractivity contribution < 1.29 is 4.74 Å². The van der Waals surface area contributed by atoms with E-state index in [0.717, 1.165) is 85.9 Å². The van der Waals surface area contributed by atoms with Crippen molar-refractivity contribution in [2.45, 2.75) is 47.1 Å². The third-order valence-corrected chi connectivity index (χ3v) is 10.7. The lowest BCUT2D eigenvalue weighted by atomic mass is 9.93. The van der Waals surface area contributed by atoms with Crippen LogP contribution in [0.4, 0.5) is 45.5 Å². The van der Waals surface area contributed by atoms with Crippen LogP contribution >= 0.6 is 0 Å². The highest BCUT2D eigenvalue weighted by Crippen LogP contribution is 2.47. The van der Waals surface area contributed by atoms with E-state index in [4.69, 9.17) is 20.7 Å². The number of ether oxygens (including phenoxy) is 1. The molecule has 0 spiro atoms. The first-order valence-electron chi connectivity index (χ1n) is 21.6. The van der Waals surface area contributed by atoms with Gasteiger partial charge in [0.15, 0.2) is 0 Å². The summed E-state index contributed by atoms with van der Waals surface area (Å²) in [5, 5.41) is 10.4. The van der Waals surface area contributed by atoms with Crippen LogP contribution in [0.1, 0.15) is 40.5 Å². The molecule has 0 amide bonds. The first-order chi connectivity index (χ1) is 30.3. The van der Waals surface area contributed by atoms with Gasteiger partial charge in [-0.25, -0.2) is 5.43 Å². The number of nitrogens with two attached hydrogens (primary N) is 1. The van der Waals surface area contributed by atoms with Crippen LogP contribution in [-0.4, -0.2) is 34.8 Å². The average Bonchev–Trinajstić information content (AvgIpc) is 3.71. The molecule has 314 valence electrons. The van der Waals surface area contributed by atoms with Crippen molar-refractivity contribution in [1.29, 1.82) is 0 Å². The van der Waals surface area contributed by atoms with Gasteiger partial charge in [0.2, 0.25) is 0 Å². The predicted molar refractivity (Wildman–Crippen MR) is 259 cm³/mol. The molecule has 4 N–H and O–H groups in total. The molecule has 7 aromatic carbocycles. The number of nitrogen functional groups attached to an aromatic ring is 1.